The molecule has 0 saturated heterocycles. The smallest absolute Gasteiger partial charge is 0.239 e. The van der Waals surface area contributed by atoms with Crippen LogP contribution >= 0.6 is 11.6 Å². The van der Waals surface area contributed by atoms with Gasteiger partial charge in [-0.3, -0.25) is 4.79 Å². The number of aromatic nitrogens is 1. The van der Waals surface area contributed by atoms with Gasteiger partial charge >= 0.3 is 0 Å². The summed E-state index contributed by atoms with van der Waals surface area (Å²) in [5, 5.41) is 4.72. The third-order valence-corrected chi connectivity index (χ3v) is 4.34. The SMILES string of the molecule is CN(Cc1cc(-c2ccccc2)no1)C(=O)[C@H](N)Cc1ccc(Cl)cc1. The summed E-state index contributed by atoms with van der Waals surface area (Å²) in [6, 6.07) is 18.3. The Bertz CT molecular complexity index is 862. The summed E-state index contributed by atoms with van der Waals surface area (Å²) in [5.74, 6) is 0.455. The van der Waals surface area contributed by atoms with E-state index >= 15 is 0 Å². The largest absolute Gasteiger partial charge is 0.359 e. The summed E-state index contributed by atoms with van der Waals surface area (Å²) >= 11 is 5.87. The second-order valence-electron chi connectivity index (χ2n) is 6.18. The monoisotopic (exact) mass is 369 g/mol. The molecule has 0 aliphatic heterocycles. The van der Waals surface area contributed by atoms with Crippen LogP contribution in [0.2, 0.25) is 5.02 Å². The molecule has 26 heavy (non-hydrogen) atoms. The Morgan fingerprint density at radius 1 is 1.19 bits per heavy atom. The molecule has 0 aliphatic rings. The van der Waals surface area contributed by atoms with Gasteiger partial charge < -0.3 is 15.2 Å². The highest BCUT2D eigenvalue weighted by atomic mass is 35.5. The van der Waals surface area contributed by atoms with Gasteiger partial charge in [-0.25, -0.2) is 0 Å². The fourth-order valence-corrected chi connectivity index (χ4v) is 2.81. The molecule has 2 aromatic carbocycles. The van der Waals surface area contributed by atoms with Crippen molar-refractivity contribution in [2.75, 3.05) is 7.05 Å². The summed E-state index contributed by atoms with van der Waals surface area (Å²) in [5.41, 5.74) is 8.75. The zero-order chi connectivity index (χ0) is 18.5. The lowest BCUT2D eigenvalue weighted by Crippen LogP contribution is -2.42. The molecule has 0 unspecified atom stereocenters. The lowest BCUT2D eigenvalue weighted by molar-refractivity contribution is -0.132. The van der Waals surface area contributed by atoms with Crippen molar-refractivity contribution in [1.82, 2.24) is 10.1 Å². The van der Waals surface area contributed by atoms with E-state index in [1.54, 1.807) is 24.1 Å². The van der Waals surface area contributed by atoms with Gasteiger partial charge in [-0.1, -0.05) is 59.2 Å². The number of carbonyl (C=O) groups excluding carboxylic acids is 1. The molecule has 1 amide bonds. The van der Waals surface area contributed by atoms with Gasteiger partial charge in [-0.2, -0.15) is 0 Å². The summed E-state index contributed by atoms with van der Waals surface area (Å²) in [7, 11) is 1.70. The topological polar surface area (TPSA) is 72.4 Å². The number of nitrogens with two attached hydrogens (primary N) is 1. The lowest BCUT2D eigenvalue weighted by Gasteiger charge is -2.20. The summed E-state index contributed by atoms with van der Waals surface area (Å²) in [4.78, 5) is 14.1. The van der Waals surface area contributed by atoms with Gasteiger partial charge in [-0.05, 0) is 24.1 Å². The van der Waals surface area contributed by atoms with Crippen LogP contribution in [0.25, 0.3) is 11.3 Å². The van der Waals surface area contributed by atoms with Crippen molar-refractivity contribution in [3.05, 3.63) is 77.0 Å². The third-order valence-electron chi connectivity index (χ3n) is 4.08. The summed E-state index contributed by atoms with van der Waals surface area (Å²) in [6.07, 6.45) is 0.450. The van der Waals surface area contributed by atoms with Crippen molar-refractivity contribution in [3.8, 4) is 11.3 Å². The van der Waals surface area contributed by atoms with E-state index in [-0.39, 0.29) is 5.91 Å². The fourth-order valence-electron chi connectivity index (χ4n) is 2.69. The van der Waals surface area contributed by atoms with Crippen molar-refractivity contribution >= 4 is 17.5 Å². The van der Waals surface area contributed by atoms with Crippen molar-refractivity contribution in [2.24, 2.45) is 5.73 Å². The number of halogens is 1. The molecular formula is C20H20ClN3O2. The Kier molecular flexibility index (Phi) is 5.71. The number of amides is 1. The fraction of sp³-hybridized carbons (Fsp3) is 0.200. The van der Waals surface area contributed by atoms with E-state index in [0.717, 1.165) is 16.8 Å². The molecule has 2 N–H and O–H groups in total. The maximum atomic E-state index is 12.5. The quantitative estimate of drug-likeness (QED) is 0.721. The van der Waals surface area contributed by atoms with Crippen molar-refractivity contribution in [2.45, 2.75) is 19.0 Å². The zero-order valence-electron chi connectivity index (χ0n) is 14.4. The molecule has 0 fully saturated rings. The normalized spacial score (nSPS) is 12.0. The number of hydrogen-bond donors (Lipinski definition) is 1. The van der Waals surface area contributed by atoms with Crippen molar-refractivity contribution in [3.63, 3.8) is 0 Å². The van der Waals surface area contributed by atoms with Gasteiger partial charge in [0.25, 0.3) is 0 Å². The Labute approximate surface area is 157 Å². The molecule has 3 rings (SSSR count). The molecule has 5 nitrogen and oxygen atoms in total. The number of rotatable bonds is 6. The van der Waals surface area contributed by atoms with E-state index in [4.69, 9.17) is 21.9 Å². The Morgan fingerprint density at radius 2 is 1.88 bits per heavy atom. The zero-order valence-corrected chi connectivity index (χ0v) is 15.2. The van der Waals surface area contributed by atoms with Crippen LogP contribution in [0, 0.1) is 0 Å². The van der Waals surface area contributed by atoms with Gasteiger partial charge in [0.15, 0.2) is 5.76 Å². The van der Waals surface area contributed by atoms with Crippen LogP contribution in [0.4, 0.5) is 0 Å². The molecule has 1 heterocycles. The number of carbonyl (C=O) groups is 1. The van der Waals surface area contributed by atoms with Crippen LogP contribution in [0.5, 0.6) is 0 Å². The van der Waals surface area contributed by atoms with Gasteiger partial charge in [0, 0.05) is 23.7 Å². The molecule has 0 spiro atoms. The minimum absolute atomic E-state index is 0.155. The lowest BCUT2D eigenvalue weighted by atomic mass is 10.1. The molecule has 134 valence electrons. The second-order valence-corrected chi connectivity index (χ2v) is 6.61. The highest BCUT2D eigenvalue weighted by Gasteiger charge is 2.20. The predicted octanol–water partition coefficient (Wildman–Crippen LogP) is 3.52. The van der Waals surface area contributed by atoms with Crippen LogP contribution in [0.1, 0.15) is 11.3 Å². The van der Waals surface area contributed by atoms with Crippen molar-refractivity contribution < 1.29 is 9.32 Å². The van der Waals surface area contributed by atoms with E-state index in [9.17, 15) is 4.79 Å². The molecule has 0 bridgehead atoms. The van der Waals surface area contributed by atoms with Crippen molar-refractivity contribution in [1.29, 1.82) is 0 Å². The molecule has 0 radical (unpaired) electrons. The van der Waals surface area contributed by atoms with E-state index in [2.05, 4.69) is 5.16 Å². The molecular weight excluding hydrogens is 350 g/mol. The molecule has 0 aliphatic carbocycles. The number of nitrogens with zero attached hydrogens (tertiary/aromatic N) is 2. The first-order chi connectivity index (χ1) is 12.5. The standard InChI is InChI=1S/C20H20ClN3O2/c1-24(20(25)18(22)11-14-7-9-16(21)10-8-14)13-17-12-19(23-26-17)15-5-3-2-4-6-15/h2-10,12,18H,11,13,22H2,1H3/t18-/m1/s1. The van der Waals surface area contributed by atoms with Crippen LogP contribution in [-0.2, 0) is 17.8 Å². The Hall–Kier alpha value is -2.63. The summed E-state index contributed by atoms with van der Waals surface area (Å²) in [6.45, 7) is 0.312. The van der Waals surface area contributed by atoms with E-state index in [1.807, 2.05) is 48.5 Å². The van der Waals surface area contributed by atoms with Crippen LogP contribution in [0.3, 0.4) is 0 Å². The summed E-state index contributed by atoms with van der Waals surface area (Å²) < 4.78 is 5.35. The van der Waals surface area contributed by atoms with Crippen LogP contribution in [0.15, 0.2) is 65.2 Å². The average molecular weight is 370 g/mol. The molecule has 3 aromatic rings. The van der Waals surface area contributed by atoms with Crippen LogP contribution < -0.4 is 5.73 Å². The molecule has 1 aromatic heterocycles. The highest BCUT2D eigenvalue weighted by Crippen LogP contribution is 2.19. The Morgan fingerprint density at radius 3 is 2.58 bits per heavy atom. The number of likely N-dealkylation sites (N-methyl/N-ethyl adjacent to an activating group) is 1. The van der Waals surface area contributed by atoms with Gasteiger partial charge in [0.05, 0.1) is 12.6 Å². The first-order valence-electron chi connectivity index (χ1n) is 8.29. The maximum Gasteiger partial charge on any atom is 0.239 e. The molecule has 1 atom stereocenters. The minimum Gasteiger partial charge on any atom is -0.359 e. The first kappa shape index (κ1) is 18.2. The Balaban J connectivity index is 1.60. The van der Waals surface area contributed by atoms with Gasteiger partial charge in [0.2, 0.25) is 5.91 Å². The minimum atomic E-state index is -0.627. The van der Waals surface area contributed by atoms with E-state index in [1.165, 1.54) is 0 Å². The maximum absolute atomic E-state index is 12.5. The molecule has 0 saturated carbocycles. The highest BCUT2D eigenvalue weighted by molar-refractivity contribution is 6.30. The first-order valence-corrected chi connectivity index (χ1v) is 8.67. The van der Waals surface area contributed by atoms with Crippen LogP contribution in [-0.4, -0.2) is 29.1 Å². The second kappa shape index (κ2) is 8.17. The molecule has 6 heteroatoms. The predicted molar refractivity (Wildman–Crippen MR) is 102 cm³/mol. The van der Waals surface area contributed by atoms with Gasteiger partial charge in [-0.15, -0.1) is 0 Å². The number of hydrogen-bond acceptors (Lipinski definition) is 4. The van der Waals surface area contributed by atoms with E-state index < -0.39 is 6.04 Å². The average Bonchev–Trinajstić information content (AvgIpc) is 3.12. The third kappa shape index (κ3) is 4.50. The van der Waals surface area contributed by atoms with Gasteiger partial charge in [0.1, 0.15) is 5.69 Å². The number of benzene rings is 2. The van der Waals surface area contributed by atoms with E-state index in [0.29, 0.717) is 23.7 Å².